The average Bonchev–Trinajstić information content (AvgIpc) is 3.45. The van der Waals surface area contributed by atoms with Crippen molar-refractivity contribution in [1.82, 2.24) is 29.8 Å². The molecule has 5 rings (SSSR count). The topological polar surface area (TPSA) is 73.5 Å². The van der Waals surface area contributed by atoms with Gasteiger partial charge in [0.1, 0.15) is 18.5 Å². The summed E-state index contributed by atoms with van der Waals surface area (Å²) in [5, 5.41) is 15.9. The molecular formula is C22H16F3N7. The Morgan fingerprint density at radius 2 is 1.62 bits per heavy atom. The minimum Gasteiger partial charge on any atom is -0.366 e. The normalized spacial score (nSPS) is 11.7. The molecular weight excluding hydrogens is 419 g/mol. The number of halogens is 3. The second kappa shape index (κ2) is 7.80. The molecule has 160 valence electrons. The molecule has 7 nitrogen and oxygen atoms in total. The van der Waals surface area contributed by atoms with E-state index in [2.05, 4.69) is 25.7 Å². The third kappa shape index (κ3) is 3.89. The number of nitrogens with zero attached hydrogens (tertiary/aromatic N) is 6. The zero-order valence-corrected chi connectivity index (χ0v) is 16.5. The molecule has 1 N–H and O–H groups in total. The average molecular weight is 435 g/mol. The van der Waals surface area contributed by atoms with Gasteiger partial charge in [0, 0.05) is 11.3 Å². The Labute approximate surface area is 180 Å². The molecule has 0 radical (unpaired) electrons. The van der Waals surface area contributed by atoms with Crippen molar-refractivity contribution in [3.63, 3.8) is 0 Å². The number of rotatable bonds is 5. The van der Waals surface area contributed by atoms with Crippen molar-refractivity contribution in [1.29, 1.82) is 0 Å². The predicted octanol–water partition coefficient (Wildman–Crippen LogP) is 4.77. The Morgan fingerprint density at radius 1 is 0.875 bits per heavy atom. The number of aromatic nitrogens is 6. The standard InChI is InChI=1S/C22H16F3N7/c23-22(24,25)16-7-11-18(12-8-16)31-14-27-21(29-31)15-5-9-17(10-6-15)26-13-32-20-4-2-1-3-19(20)28-30-32/h1-12,14,26H,13H2. The zero-order valence-electron chi connectivity index (χ0n) is 16.5. The molecule has 0 fully saturated rings. The molecule has 5 aromatic rings. The number of fused-ring (bicyclic) bond motifs is 1. The van der Waals surface area contributed by atoms with Gasteiger partial charge in [0.25, 0.3) is 0 Å². The number of anilines is 1. The first-order valence-corrected chi connectivity index (χ1v) is 9.69. The monoisotopic (exact) mass is 435 g/mol. The van der Waals surface area contributed by atoms with E-state index in [1.165, 1.54) is 23.1 Å². The minimum absolute atomic E-state index is 0.459. The van der Waals surface area contributed by atoms with Crippen LogP contribution in [0.4, 0.5) is 18.9 Å². The van der Waals surface area contributed by atoms with Crippen molar-refractivity contribution < 1.29 is 13.2 Å². The van der Waals surface area contributed by atoms with E-state index in [1.807, 2.05) is 48.5 Å². The van der Waals surface area contributed by atoms with Crippen molar-refractivity contribution in [3.05, 3.63) is 84.7 Å². The number of benzene rings is 3. The summed E-state index contributed by atoms with van der Waals surface area (Å²) in [6, 6.07) is 20.0. The van der Waals surface area contributed by atoms with Gasteiger partial charge in [-0.1, -0.05) is 17.3 Å². The maximum absolute atomic E-state index is 12.7. The lowest BCUT2D eigenvalue weighted by Gasteiger charge is -2.08. The number of hydrogen-bond acceptors (Lipinski definition) is 5. The fraction of sp³-hybridized carbons (Fsp3) is 0.0909. The lowest BCUT2D eigenvalue weighted by atomic mass is 10.2. The van der Waals surface area contributed by atoms with Gasteiger partial charge >= 0.3 is 6.18 Å². The van der Waals surface area contributed by atoms with E-state index >= 15 is 0 Å². The SMILES string of the molecule is FC(F)(F)c1ccc(-n2cnc(-c3ccc(NCn4nnc5ccccc54)cc3)n2)cc1. The van der Waals surface area contributed by atoms with E-state index in [1.54, 1.807) is 4.68 Å². The van der Waals surface area contributed by atoms with E-state index in [4.69, 9.17) is 0 Å². The molecule has 0 saturated carbocycles. The van der Waals surface area contributed by atoms with Crippen molar-refractivity contribution in [2.24, 2.45) is 0 Å². The number of hydrogen-bond donors (Lipinski definition) is 1. The minimum atomic E-state index is -4.37. The van der Waals surface area contributed by atoms with Gasteiger partial charge in [-0.2, -0.15) is 13.2 Å². The highest BCUT2D eigenvalue weighted by Gasteiger charge is 2.30. The van der Waals surface area contributed by atoms with Crippen molar-refractivity contribution in [2.75, 3.05) is 5.32 Å². The molecule has 3 aromatic carbocycles. The number of para-hydroxylation sites is 1. The van der Waals surface area contributed by atoms with Crippen LogP contribution in [0, 0.1) is 0 Å². The molecule has 0 amide bonds. The van der Waals surface area contributed by atoms with Crippen LogP contribution in [0.1, 0.15) is 5.56 Å². The first kappa shape index (κ1) is 19.7. The predicted molar refractivity (Wildman–Crippen MR) is 113 cm³/mol. The molecule has 2 aromatic heterocycles. The summed E-state index contributed by atoms with van der Waals surface area (Å²) in [4.78, 5) is 4.27. The summed E-state index contributed by atoms with van der Waals surface area (Å²) in [5.41, 5.74) is 3.23. The van der Waals surface area contributed by atoms with E-state index in [9.17, 15) is 13.2 Å². The molecule has 0 unspecified atom stereocenters. The van der Waals surface area contributed by atoms with Gasteiger partial charge in [0.15, 0.2) is 5.82 Å². The van der Waals surface area contributed by atoms with Gasteiger partial charge in [0.05, 0.1) is 16.8 Å². The molecule has 2 heterocycles. The molecule has 0 aliphatic heterocycles. The van der Waals surface area contributed by atoms with Crippen LogP contribution < -0.4 is 5.32 Å². The fourth-order valence-electron chi connectivity index (χ4n) is 3.26. The maximum atomic E-state index is 12.7. The van der Waals surface area contributed by atoms with Gasteiger partial charge in [-0.25, -0.2) is 14.3 Å². The summed E-state index contributed by atoms with van der Waals surface area (Å²) in [7, 11) is 0. The van der Waals surface area contributed by atoms with Crippen LogP contribution >= 0.6 is 0 Å². The molecule has 0 atom stereocenters. The molecule has 0 aliphatic rings. The largest absolute Gasteiger partial charge is 0.416 e. The molecule has 10 heteroatoms. The third-order valence-electron chi connectivity index (χ3n) is 4.95. The van der Waals surface area contributed by atoms with Gasteiger partial charge in [-0.15, -0.1) is 10.2 Å². The number of nitrogens with one attached hydrogen (secondary N) is 1. The Bertz CT molecular complexity index is 1350. The highest BCUT2D eigenvalue weighted by molar-refractivity contribution is 5.73. The van der Waals surface area contributed by atoms with Crippen LogP contribution in [0.15, 0.2) is 79.1 Å². The Hall–Kier alpha value is -4.21. The molecule has 0 spiro atoms. The van der Waals surface area contributed by atoms with Crippen LogP contribution in [0.3, 0.4) is 0 Å². The summed E-state index contributed by atoms with van der Waals surface area (Å²) in [5.74, 6) is 0.471. The molecule has 0 aliphatic carbocycles. The lowest BCUT2D eigenvalue weighted by molar-refractivity contribution is -0.137. The summed E-state index contributed by atoms with van der Waals surface area (Å²) in [6.07, 6.45) is -2.90. The fourth-order valence-corrected chi connectivity index (χ4v) is 3.26. The third-order valence-corrected chi connectivity index (χ3v) is 4.95. The Kier molecular flexibility index (Phi) is 4.81. The van der Waals surface area contributed by atoms with Crippen molar-refractivity contribution >= 4 is 16.7 Å². The van der Waals surface area contributed by atoms with E-state index < -0.39 is 11.7 Å². The molecule has 32 heavy (non-hydrogen) atoms. The van der Waals surface area contributed by atoms with Crippen LogP contribution in [0.2, 0.25) is 0 Å². The van der Waals surface area contributed by atoms with Gasteiger partial charge in [-0.3, -0.25) is 0 Å². The highest BCUT2D eigenvalue weighted by Crippen LogP contribution is 2.29. The van der Waals surface area contributed by atoms with E-state index in [-0.39, 0.29) is 0 Å². The van der Waals surface area contributed by atoms with Crippen molar-refractivity contribution in [3.8, 4) is 17.1 Å². The Balaban J connectivity index is 1.28. The van der Waals surface area contributed by atoms with Crippen molar-refractivity contribution in [2.45, 2.75) is 12.8 Å². The first-order valence-electron chi connectivity index (χ1n) is 9.69. The summed E-state index contributed by atoms with van der Waals surface area (Å²) < 4.78 is 41.4. The highest BCUT2D eigenvalue weighted by atomic mass is 19.4. The van der Waals surface area contributed by atoms with Crippen LogP contribution in [-0.2, 0) is 12.8 Å². The van der Waals surface area contributed by atoms with Crippen LogP contribution in [-0.4, -0.2) is 29.8 Å². The Morgan fingerprint density at radius 3 is 2.38 bits per heavy atom. The quantitative estimate of drug-likeness (QED) is 0.431. The lowest BCUT2D eigenvalue weighted by Crippen LogP contribution is -2.09. The zero-order chi connectivity index (χ0) is 22.1. The van der Waals surface area contributed by atoms with Crippen LogP contribution in [0.5, 0.6) is 0 Å². The van der Waals surface area contributed by atoms with Gasteiger partial charge in [0.2, 0.25) is 0 Å². The second-order valence-electron chi connectivity index (χ2n) is 7.05. The number of alkyl halides is 3. The summed E-state index contributed by atoms with van der Waals surface area (Å²) >= 11 is 0. The second-order valence-corrected chi connectivity index (χ2v) is 7.05. The maximum Gasteiger partial charge on any atom is 0.416 e. The van der Waals surface area contributed by atoms with E-state index in [0.717, 1.165) is 34.4 Å². The first-order chi connectivity index (χ1) is 15.5. The molecule has 0 saturated heterocycles. The smallest absolute Gasteiger partial charge is 0.366 e. The molecule has 0 bridgehead atoms. The van der Waals surface area contributed by atoms with Crippen LogP contribution in [0.25, 0.3) is 28.1 Å². The summed E-state index contributed by atoms with van der Waals surface area (Å²) in [6.45, 7) is 0.459. The van der Waals surface area contributed by atoms with Gasteiger partial charge < -0.3 is 5.32 Å². The van der Waals surface area contributed by atoms with E-state index in [0.29, 0.717) is 18.2 Å². The van der Waals surface area contributed by atoms with Gasteiger partial charge in [-0.05, 0) is 60.7 Å².